The second kappa shape index (κ2) is 10.0. The Kier molecular flexibility index (Phi) is 6.90. The quantitative estimate of drug-likeness (QED) is 0.471. The van der Waals surface area contributed by atoms with E-state index in [1.165, 1.54) is 0 Å². The number of allylic oxidation sites excluding steroid dienone is 3. The molecule has 0 spiro atoms. The fourth-order valence-electron chi connectivity index (χ4n) is 3.90. The number of pyridine rings is 1. The van der Waals surface area contributed by atoms with Crippen molar-refractivity contribution in [2.45, 2.75) is 25.4 Å². The van der Waals surface area contributed by atoms with Crippen molar-refractivity contribution in [3.8, 4) is 11.3 Å². The van der Waals surface area contributed by atoms with Crippen LogP contribution >= 0.6 is 0 Å². The van der Waals surface area contributed by atoms with E-state index in [1.807, 2.05) is 47.9 Å². The number of imidazole rings is 1. The number of urea groups is 1. The molecular formula is C25H24F3N5O2. The predicted octanol–water partition coefficient (Wildman–Crippen LogP) is 4.79. The van der Waals surface area contributed by atoms with Crippen LogP contribution in [0.1, 0.15) is 24.8 Å². The van der Waals surface area contributed by atoms with Crippen LogP contribution in [0.15, 0.2) is 72.6 Å². The van der Waals surface area contributed by atoms with Crippen molar-refractivity contribution in [1.29, 1.82) is 0 Å². The highest BCUT2D eigenvalue weighted by Crippen LogP contribution is 2.31. The molecule has 3 aromatic rings. The highest BCUT2D eigenvalue weighted by molar-refractivity contribution is 5.94. The van der Waals surface area contributed by atoms with Gasteiger partial charge in [0.05, 0.1) is 11.9 Å². The summed E-state index contributed by atoms with van der Waals surface area (Å²) in [5.74, 6) is -0.0166. The zero-order valence-corrected chi connectivity index (χ0v) is 18.9. The van der Waals surface area contributed by atoms with Crippen LogP contribution in [0.5, 0.6) is 0 Å². The van der Waals surface area contributed by atoms with E-state index in [0.29, 0.717) is 24.3 Å². The van der Waals surface area contributed by atoms with Crippen LogP contribution in [-0.2, 0) is 4.79 Å². The van der Waals surface area contributed by atoms with Crippen molar-refractivity contribution >= 4 is 23.3 Å². The normalized spacial score (nSPS) is 15.5. The summed E-state index contributed by atoms with van der Waals surface area (Å²) in [6.07, 6.45) is 5.47. The number of fused-ring (bicyclic) bond motifs is 1. The monoisotopic (exact) mass is 483 g/mol. The zero-order chi connectivity index (χ0) is 25.0. The van der Waals surface area contributed by atoms with Gasteiger partial charge in [0.25, 0.3) is 0 Å². The topological polar surface area (TPSA) is 87.5 Å². The Bertz CT molecular complexity index is 1310. The summed E-state index contributed by atoms with van der Waals surface area (Å²) < 4.78 is 38.8. The molecule has 0 radical (unpaired) electrons. The molecule has 10 heteroatoms. The molecule has 2 heterocycles. The summed E-state index contributed by atoms with van der Waals surface area (Å²) in [5, 5.41) is 7.03. The van der Waals surface area contributed by atoms with E-state index in [1.54, 1.807) is 29.7 Å². The van der Waals surface area contributed by atoms with E-state index in [0.717, 1.165) is 22.4 Å². The number of benzene rings is 1. The van der Waals surface area contributed by atoms with Crippen LogP contribution in [0.25, 0.3) is 16.9 Å². The average Bonchev–Trinajstić information content (AvgIpc) is 3.26. The lowest BCUT2D eigenvalue weighted by Crippen LogP contribution is -2.36. The van der Waals surface area contributed by atoms with Crippen molar-refractivity contribution in [1.82, 2.24) is 20.0 Å². The number of anilines is 1. The minimum absolute atomic E-state index is 0.0468. The highest BCUT2D eigenvalue weighted by Gasteiger charge is 2.27. The molecule has 2 aromatic heterocycles. The van der Waals surface area contributed by atoms with Crippen molar-refractivity contribution in [3.63, 3.8) is 0 Å². The number of nitrogens with one attached hydrogen (secondary N) is 3. The third kappa shape index (κ3) is 5.89. The lowest BCUT2D eigenvalue weighted by Gasteiger charge is -2.18. The minimum Gasteiger partial charge on any atom is -0.353 e. The summed E-state index contributed by atoms with van der Waals surface area (Å²) >= 11 is 0. The van der Waals surface area contributed by atoms with E-state index in [-0.39, 0.29) is 11.8 Å². The molecule has 1 aliphatic carbocycles. The summed E-state index contributed by atoms with van der Waals surface area (Å²) in [6, 6.07) is 9.77. The lowest BCUT2D eigenvalue weighted by molar-refractivity contribution is -0.122. The first-order valence-corrected chi connectivity index (χ1v) is 11.1. The third-order valence-electron chi connectivity index (χ3n) is 5.54. The van der Waals surface area contributed by atoms with Crippen LogP contribution in [0.2, 0.25) is 0 Å². The Morgan fingerprint density at radius 1 is 1.17 bits per heavy atom. The first-order chi connectivity index (χ1) is 16.7. The van der Waals surface area contributed by atoms with Gasteiger partial charge in [0, 0.05) is 35.5 Å². The fraction of sp³-hybridized carbons (Fsp3) is 0.240. The Balaban J connectivity index is 1.51. The van der Waals surface area contributed by atoms with Gasteiger partial charge in [-0.25, -0.2) is 9.78 Å². The Hall–Kier alpha value is -4.08. The van der Waals surface area contributed by atoms with Gasteiger partial charge in [0.2, 0.25) is 5.91 Å². The van der Waals surface area contributed by atoms with E-state index in [2.05, 4.69) is 21.7 Å². The van der Waals surface area contributed by atoms with Gasteiger partial charge in [-0.3, -0.25) is 9.20 Å². The van der Waals surface area contributed by atoms with Gasteiger partial charge in [-0.05, 0) is 43.2 Å². The summed E-state index contributed by atoms with van der Waals surface area (Å²) in [4.78, 5) is 28.5. The van der Waals surface area contributed by atoms with E-state index >= 15 is 0 Å². The number of nitrogens with zero attached hydrogens (tertiary/aromatic N) is 2. The van der Waals surface area contributed by atoms with Gasteiger partial charge in [0.15, 0.2) is 0 Å². The van der Waals surface area contributed by atoms with Gasteiger partial charge < -0.3 is 16.0 Å². The number of halogens is 3. The van der Waals surface area contributed by atoms with Crippen molar-refractivity contribution in [2.75, 3.05) is 18.4 Å². The lowest BCUT2D eigenvalue weighted by atomic mass is 9.88. The van der Waals surface area contributed by atoms with Crippen molar-refractivity contribution in [3.05, 3.63) is 78.2 Å². The Labute approximate surface area is 199 Å². The number of aromatic nitrogens is 2. The molecule has 3 amide bonds. The third-order valence-corrected chi connectivity index (χ3v) is 5.54. The zero-order valence-electron chi connectivity index (χ0n) is 18.9. The van der Waals surface area contributed by atoms with Crippen LogP contribution in [0.3, 0.4) is 0 Å². The van der Waals surface area contributed by atoms with E-state index in [4.69, 9.17) is 0 Å². The molecule has 35 heavy (non-hydrogen) atoms. The number of carbonyl (C=O) groups excluding carboxylic acids is 2. The Morgan fingerprint density at radius 2 is 2.00 bits per heavy atom. The number of amides is 3. The smallest absolute Gasteiger partial charge is 0.353 e. The van der Waals surface area contributed by atoms with E-state index < -0.39 is 18.8 Å². The fourth-order valence-corrected chi connectivity index (χ4v) is 3.90. The molecule has 4 rings (SSSR count). The van der Waals surface area contributed by atoms with Crippen LogP contribution in [0.4, 0.5) is 23.7 Å². The number of likely N-dealkylation sites (N-methyl/N-ethyl adjacent to an activating group) is 1. The maximum Gasteiger partial charge on any atom is 0.405 e. The number of alkyl halides is 3. The number of carbonyl (C=O) groups is 2. The number of hydrogen-bond acceptors (Lipinski definition) is 3. The number of hydrogen-bond donors (Lipinski definition) is 3. The second-order valence-electron chi connectivity index (χ2n) is 8.08. The van der Waals surface area contributed by atoms with Gasteiger partial charge in [-0.15, -0.1) is 0 Å². The van der Waals surface area contributed by atoms with Gasteiger partial charge in [-0.1, -0.05) is 30.4 Å². The van der Waals surface area contributed by atoms with Gasteiger partial charge >= 0.3 is 12.2 Å². The average molecular weight is 483 g/mol. The summed E-state index contributed by atoms with van der Waals surface area (Å²) in [6.45, 7) is 1.04. The SMILES string of the molecule is CCNC(=O)C1=CC=CC(c2ccn3c(-c4cccc(NC(=O)NCC(F)(F)F)c4)cnc3c2)C1. The minimum atomic E-state index is -4.48. The number of rotatable bonds is 6. The molecule has 3 N–H and O–H groups in total. The predicted molar refractivity (Wildman–Crippen MR) is 127 cm³/mol. The molecule has 1 aromatic carbocycles. The molecule has 0 saturated carbocycles. The summed E-state index contributed by atoms with van der Waals surface area (Å²) in [5.41, 5.74) is 4.31. The molecule has 7 nitrogen and oxygen atoms in total. The van der Waals surface area contributed by atoms with Crippen LogP contribution < -0.4 is 16.0 Å². The maximum atomic E-state index is 12.3. The molecule has 0 bridgehead atoms. The van der Waals surface area contributed by atoms with Crippen LogP contribution in [0, 0.1) is 0 Å². The molecule has 1 aliphatic rings. The van der Waals surface area contributed by atoms with Crippen LogP contribution in [-0.4, -0.2) is 40.6 Å². The molecule has 1 unspecified atom stereocenters. The molecule has 1 atom stereocenters. The van der Waals surface area contributed by atoms with Crippen molar-refractivity contribution in [2.24, 2.45) is 0 Å². The molecule has 0 aliphatic heterocycles. The van der Waals surface area contributed by atoms with Gasteiger partial charge in [-0.2, -0.15) is 13.2 Å². The Morgan fingerprint density at radius 3 is 2.77 bits per heavy atom. The largest absolute Gasteiger partial charge is 0.405 e. The molecular weight excluding hydrogens is 459 g/mol. The first-order valence-electron chi connectivity index (χ1n) is 11.1. The molecule has 182 valence electrons. The second-order valence-corrected chi connectivity index (χ2v) is 8.08. The molecule has 0 saturated heterocycles. The highest BCUT2D eigenvalue weighted by atomic mass is 19.4. The van der Waals surface area contributed by atoms with E-state index in [9.17, 15) is 22.8 Å². The van der Waals surface area contributed by atoms with Gasteiger partial charge in [0.1, 0.15) is 12.2 Å². The van der Waals surface area contributed by atoms with Crippen molar-refractivity contribution < 1.29 is 22.8 Å². The molecule has 0 fully saturated rings. The standard InChI is InChI=1S/C25H24F3N5O2/c1-2-29-23(34)19-7-3-5-16(11-19)17-9-10-33-21(14-30-22(33)13-17)18-6-4-8-20(12-18)32-24(35)31-15-25(26,27)28/h3-10,12-14,16H,2,11,15H2,1H3,(H,29,34)(H2,31,32,35). The summed E-state index contributed by atoms with van der Waals surface area (Å²) in [7, 11) is 0. The maximum absolute atomic E-state index is 12.3. The first kappa shape index (κ1) is 24.1.